The van der Waals surface area contributed by atoms with Gasteiger partial charge in [-0.2, -0.15) is 0 Å². The van der Waals surface area contributed by atoms with Gasteiger partial charge in [0.25, 0.3) is 0 Å². The largest absolute Gasteiger partial charge is 0.480 e. The van der Waals surface area contributed by atoms with E-state index in [2.05, 4.69) is 21.3 Å². The first-order chi connectivity index (χ1) is 14.4. The van der Waals surface area contributed by atoms with Gasteiger partial charge in [-0.15, -0.1) is 0 Å². The van der Waals surface area contributed by atoms with Gasteiger partial charge in [0, 0.05) is 0 Å². The maximum Gasteiger partial charge on any atom is 0.326 e. The van der Waals surface area contributed by atoms with Crippen molar-refractivity contribution in [1.82, 2.24) is 21.3 Å². The number of carbonyl (C=O) groups is 4. The second kappa shape index (κ2) is 12.6. The van der Waals surface area contributed by atoms with Gasteiger partial charge in [0.05, 0.1) is 12.1 Å². The molecule has 1 aliphatic rings. The predicted molar refractivity (Wildman–Crippen MR) is 115 cm³/mol. The van der Waals surface area contributed by atoms with E-state index in [1.807, 2.05) is 27.7 Å². The minimum atomic E-state index is -1.35. The highest BCUT2D eigenvalue weighted by atomic mass is 16.4. The van der Waals surface area contributed by atoms with Crippen LogP contribution in [0.2, 0.25) is 0 Å². The van der Waals surface area contributed by atoms with Crippen molar-refractivity contribution >= 4 is 23.7 Å². The summed E-state index contributed by atoms with van der Waals surface area (Å²) in [5.74, 6) is -2.74. The van der Waals surface area contributed by atoms with Gasteiger partial charge in [-0.3, -0.25) is 14.4 Å². The maximum atomic E-state index is 12.9. The lowest BCUT2D eigenvalue weighted by atomic mass is 10.0. The SMILES string of the molecule is CC(C)CC(NC(=O)C(NC(=O)C(CC(C)C)NC(=O)C1CCCN1)C(C)O)C(=O)O. The minimum Gasteiger partial charge on any atom is -0.480 e. The number of aliphatic hydroxyl groups excluding tert-OH is 1. The third-order valence-electron chi connectivity index (χ3n) is 5.10. The zero-order chi connectivity index (χ0) is 23.7. The summed E-state index contributed by atoms with van der Waals surface area (Å²) in [4.78, 5) is 49.5. The Hall–Kier alpha value is -2.20. The Morgan fingerprint density at radius 1 is 0.903 bits per heavy atom. The zero-order valence-electron chi connectivity index (χ0n) is 19.1. The summed E-state index contributed by atoms with van der Waals surface area (Å²) in [7, 11) is 0. The van der Waals surface area contributed by atoms with E-state index in [1.54, 1.807) is 0 Å². The molecule has 10 nitrogen and oxygen atoms in total. The predicted octanol–water partition coefficient (Wildman–Crippen LogP) is -0.250. The van der Waals surface area contributed by atoms with Crippen LogP contribution in [-0.4, -0.2) is 70.7 Å². The molecule has 1 rings (SSSR count). The lowest BCUT2D eigenvalue weighted by molar-refractivity contribution is -0.143. The third-order valence-corrected chi connectivity index (χ3v) is 5.10. The molecule has 1 heterocycles. The lowest BCUT2D eigenvalue weighted by Crippen LogP contribution is -2.60. The topological polar surface area (TPSA) is 157 Å². The molecule has 178 valence electrons. The number of rotatable bonds is 12. The average Bonchev–Trinajstić information content (AvgIpc) is 3.18. The van der Waals surface area contributed by atoms with Crippen molar-refractivity contribution in [3.63, 3.8) is 0 Å². The molecule has 0 spiro atoms. The molecular formula is C21H38N4O6. The number of amides is 3. The van der Waals surface area contributed by atoms with E-state index < -0.39 is 42.0 Å². The highest BCUT2D eigenvalue weighted by molar-refractivity contribution is 5.94. The Balaban J connectivity index is 2.87. The van der Waals surface area contributed by atoms with Crippen molar-refractivity contribution in [2.45, 2.75) is 90.6 Å². The molecule has 0 aromatic rings. The first kappa shape index (κ1) is 26.8. The van der Waals surface area contributed by atoms with Gasteiger partial charge in [-0.05, 0) is 51.0 Å². The van der Waals surface area contributed by atoms with Crippen LogP contribution in [0.1, 0.15) is 60.3 Å². The highest BCUT2D eigenvalue weighted by Crippen LogP contribution is 2.10. The first-order valence-electron chi connectivity index (χ1n) is 11.0. The van der Waals surface area contributed by atoms with Crippen molar-refractivity contribution in [3.8, 4) is 0 Å². The van der Waals surface area contributed by atoms with Gasteiger partial charge in [0.1, 0.15) is 18.1 Å². The molecule has 0 aromatic heterocycles. The zero-order valence-corrected chi connectivity index (χ0v) is 19.1. The standard InChI is InChI=1S/C21H38N4O6/c1-11(2)9-15(23-18(27)14-7-6-8-22-14)19(28)25-17(13(5)26)20(29)24-16(21(30)31)10-12(3)4/h11-17,22,26H,6-10H2,1-5H3,(H,23,27)(H,24,29)(H,25,28)(H,30,31). The Morgan fingerprint density at radius 3 is 1.94 bits per heavy atom. The summed E-state index contributed by atoms with van der Waals surface area (Å²) in [5, 5.41) is 30.1. The van der Waals surface area contributed by atoms with E-state index in [0.29, 0.717) is 12.8 Å². The highest BCUT2D eigenvalue weighted by Gasteiger charge is 2.33. The van der Waals surface area contributed by atoms with Crippen LogP contribution < -0.4 is 21.3 Å². The van der Waals surface area contributed by atoms with Crippen molar-refractivity contribution in [2.75, 3.05) is 6.54 Å². The van der Waals surface area contributed by atoms with Crippen LogP contribution in [0, 0.1) is 11.8 Å². The van der Waals surface area contributed by atoms with Gasteiger partial charge in [-0.25, -0.2) is 4.79 Å². The second-order valence-corrected chi connectivity index (χ2v) is 9.10. The summed E-state index contributed by atoms with van der Waals surface area (Å²) >= 11 is 0. The molecule has 6 N–H and O–H groups in total. The number of carboxylic acids is 1. The smallest absolute Gasteiger partial charge is 0.326 e. The first-order valence-corrected chi connectivity index (χ1v) is 11.0. The summed E-state index contributed by atoms with van der Waals surface area (Å²) in [5.41, 5.74) is 0. The molecule has 5 atom stereocenters. The number of hydrogen-bond acceptors (Lipinski definition) is 6. The third kappa shape index (κ3) is 9.22. The molecule has 1 fully saturated rings. The van der Waals surface area contributed by atoms with Gasteiger partial charge in [0.15, 0.2) is 0 Å². The monoisotopic (exact) mass is 442 g/mol. The minimum absolute atomic E-state index is 0.0239. The average molecular weight is 443 g/mol. The van der Waals surface area contributed by atoms with Gasteiger partial charge >= 0.3 is 5.97 Å². The Bertz CT molecular complexity index is 631. The normalized spacial score (nSPS) is 20.1. The number of aliphatic hydroxyl groups is 1. The summed E-state index contributed by atoms with van der Waals surface area (Å²) in [6.07, 6.45) is 0.868. The fourth-order valence-electron chi connectivity index (χ4n) is 3.50. The van der Waals surface area contributed by atoms with Crippen LogP contribution in [0.5, 0.6) is 0 Å². The molecule has 5 unspecified atom stereocenters. The van der Waals surface area contributed by atoms with Crippen LogP contribution in [0.3, 0.4) is 0 Å². The maximum absolute atomic E-state index is 12.9. The van der Waals surface area contributed by atoms with E-state index in [-0.39, 0.29) is 30.2 Å². The summed E-state index contributed by atoms with van der Waals surface area (Å²) in [6, 6.07) is -3.72. The fourth-order valence-corrected chi connectivity index (χ4v) is 3.50. The van der Waals surface area contributed by atoms with Crippen molar-refractivity contribution in [1.29, 1.82) is 0 Å². The number of hydrogen-bond donors (Lipinski definition) is 6. The molecule has 0 aromatic carbocycles. The summed E-state index contributed by atoms with van der Waals surface area (Å²) < 4.78 is 0. The molecule has 10 heteroatoms. The van der Waals surface area contributed by atoms with Crippen LogP contribution in [0.4, 0.5) is 0 Å². The second-order valence-electron chi connectivity index (χ2n) is 9.10. The number of aliphatic carboxylic acids is 1. The van der Waals surface area contributed by atoms with Crippen LogP contribution in [-0.2, 0) is 19.2 Å². The molecule has 31 heavy (non-hydrogen) atoms. The van der Waals surface area contributed by atoms with Crippen molar-refractivity contribution in [2.24, 2.45) is 11.8 Å². The molecule has 1 aliphatic heterocycles. The van der Waals surface area contributed by atoms with Crippen LogP contribution in [0.15, 0.2) is 0 Å². The van der Waals surface area contributed by atoms with Crippen LogP contribution in [0.25, 0.3) is 0 Å². The molecule has 0 saturated carbocycles. The molecular weight excluding hydrogens is 404 g/mol. The van der Waals surface area contributed by atoms with Crippen molar-refractivity contribution in [3.05, 3.63) is 0 Å². The quantitative estimate of drug-likeness (QED) is 0.243. The Morgan fingerprint density at radius 2 is 1.48 bits per heavy atom. The Kier molecular flexibility index (Phi) is 10.9. The van der Waals surface area contributed by atoms with Gasteiger partial charge in [0.2, 0.25) is 17.7 Å². The molecule has 0 bridgehead atoms. The number of carboxylic acid groups (broad SMARTS) is 1. The van der Waals surface area contributed by atoms with E-state index in [4.69, 9.17) is 0 Å². The van der Waals surface area contributed by atoms with E-state index in [0.717, 1.165) is 13.0 Å². The summed E-state index contributed by atoms with van der Waals surface area (Å²) in [6.45, 7) is 9.54. The fraction of sp³-hybridized carbons (Fsp3) is 0.810. The van der Waals surface area contributed by atoms with E-state index >= 15 is 0 Å². The van der Waals surface area contributed by atoms with Crippen molar-refractivity contribution < 1.29 is 29.4 Å². The molecule has 1 saturated heterocycles. The van der Waals surface area contributed by atoms with E-state index in [9.17, 15) is 29.4 Å². The van der Waals surface area contributed by atoms with Gasteiger partial charge < -0.3 is 31.5 Å². The molecule has 0 radical (unpaired) electrons. The lowest BCUT2D eigenvalue weighted by Gasteiger charge is -2.27. The molecule has 3 amide bonds. The number of carbonyl (C=O) groups excluding carboxylic acids is 3. The number of nitrogens with one attached hydrogen (secondary N) is 4. The van der Waals surface area contributed by atoms with Gasteiger partial charge in [-0.1, -0.05) is 27.7 Å². The van der Waals surface area contributed by atoms with E-state index in [1.165, 1.54) is 6.92 Å². The molecule has 0 aliphatic carbocycles. The van der Waals surface area contributed by atoms with Crippen LogP contribution >= 0.6 is 0 Å². The Labute approximate surface area is 183 Å².